The first-order valence-electron chi connectivity index (χ1n) is 8.48. The van der Waals surface area contributed by atoms with Crippen LogP contribution >= 0.6 is 11.8 Å². The molecule has 6 heteroatoms. The second-order valence-electron chi connectivity index (χ2n) is 6.12. The predicted molar refractivity (Wildman–Crippen MR) is 107 cm³/mol. The van der Waals surface area contributed by atoms with Crippen molar-refractivity contribution >= 4 is 17.8 Å². The molecule has 136 valence electrons. The minimum absolute atomic E-state index is 0.410. The number of nitrogens with one attached hydrogen (secondary N) is 1. The zero-order valence-corrected chi connectivity index (χ0v) is 16.1. The van der Waals surface area contributed by atoms with Gasteiger partial charge in [-0.2, -0.15) is 0 Å². The van der Waals surface area contributed by atoms with Crippen LogP contribution in [-0.2, 0) is 4.74 Å². The van der Waals surface area contributed by atoms with E-state index in [-0.39, 0.29) is 0 Å². The molecule has 5 nitrogen and oxygen atoms in total. The van der Waals surface area contributed by atoms with Crippen molar-refractivity contribution < 1.29 is 4.74 Å². The molecule has 0 bridgehead atoms. The standard InChI is InChI=1S/C19H28N4OS/c1-23(2)11-4-5-12-24-18(20)9-10-19-21-14-17(22-19)15-7-6-8-16(13-15)25-3/h6-10,13-14,18H,4-5,11-12,20H2,1-3H3,(H,21,22)/b10-9-. The van der Waals surface area contributed by atoms with Crippen LogP contribution in [0.15, 0.2) is 41.4 Å². The minimum Gasteiger partial charge on any atom is -0.360 e. The maximum absolute atomic E-state index is 5.96. The Morgan fingerprint density at radius 2 is 2.20 bits per heavy atom. The Labute approximate surface area is 154 Å². The highest BCUT2D eigenvalue weighted by molar-refractivity contribution is 7.98. The molecule has 0 spiro atoms. The Hall–Kier alpha value is -1.60. The highest BCUT2D eigenvalue weighted by Gasteiger charge is 2.03. The second-order valence-corrected chi connectivity index (χ2v) is 7.00. The lowest BCUT2D eigenvalue weighted by Crippen LogP contribution is -2.22. The van der Waals surface area contributed by atoms with Gasteiger partial charge in [0.2, 0.25) is 0 Å². The van der Waals surface area contributed by atoms with Crippen LogP contribution in [0.3, 0.4) is 0 Å². The number of benzene rings is 1. The van der Waals surface area contributed by atoms with E-state index in [9.17, 15) is 0 Å². The van der Waals surface area contributed by atoms with Gasteiger partial charge in [-0.15, -0.1) is 11.8 Å². The first-order valence-corrected chi connectivity index (χ1v) is 9.70. The Morgan fingerprint density at radius 1 is 1.36 bits per heavy atom. The summed E-state index contributed by atoms with van der Waals surface area (Å²) in [5.41, 5.74) is 8.08. The normalized spacial score (nSPS) is 13.0. The van der Waals surface area contributed by atoms with Crippen LogP contribution in [0.2, 0.25) is 0 Å². The highest BCUT2D eigenvalue weighted by Crippen LogP contribution is 2.23. The third-order valence-electron chi connectivity index (χ3n) is 3.73. The maximum atomic E-state index is 5.96. The first-order chi connectivity index (χ1) is 12.1. The SMILES string of the molecule is CSc1cccc(-c2cnc(/C=C\C(N)OCCCCN(C)C)[nH]2)c1. The molecule has 0 amide bonds. The lowest BCUT2D eigenvalue weighted by Gasteiger charge is -2.11. The largest absolute Gasteiger partial charge is 0.360 e. The predicted octanol–water partition coefficient (Wildman–Crippen LogP) is 3.46. The van der Waals surface area contributed by atoms with E-state index in [4.69, 9.17) is 10.5 Å². The maximum Gasteiger partial charge on any atom is 0.130 e. The van der Waals surface area contributed by atoms with E-state index in [0.717, 1.165) is 36.5 Å². The highest BCUT2D eigenvalue weighted by atomic mass is 32.2. The molecule has 1 atom stereocenters. The fourth-order valence-corrected chi connectivity index (χ4v) is 2.81. The lowest BCUT2D eigenvalue weighted by atomic mass is 10.2. The van der Waals surface area contributed by atoms with Crippen LogP contribution in [0, 0.1) is 0 Å². The van der Waals surface area contributed by atoms with Gasteiger partial charge in [-0.3, -0.25) is 0 Å². The van der Waals surface area contributed by atoms with Gasteiger partial charge in [0.05, 0.1) is 11.9 Å². The van der Waals surface area contributed by atoms with E-state index < -0.39 is 6.23 Å². The molecule has 2 aromatic rings. The molecule has 1 aromatic heterocycles. The van der Waals surface area contributed by atoms with Crippen molar-refractivity contribution in [3.8, 4) is 11.3 Å². The quantitative estimate of drug-likeness (QED) is 0.386. The number of imidazole rings is 1. The number of rotatable bonds is 10. The van der Waals surface area contributed by atoms with Crippen LogP contribution in [0.5, 0.6) is 0 Å². The fourth-order valence-electron chi connectivity index (χ4n) is 2.35. The van der Waals surface area contributed by atoms with Crippen molar-refractivity contribution in [3.63, 3.8) is 0 Å². The number of aromatic nitrogens is 2. The number of ether oxygens (including phenoxy) is 1. The molecule has 0 saturated heterocycles. The van der Waals surface area contributed by atoms with Crippen molar-refractivity contribution in [2.24, 2.45) is 5.73 Å². The van der Waals surface area contributed by atoms with E-state index in [1.54, 1.807) is 11.8 Å². The van der Waals surface area contributed by atoms with Gasteiger partial charge in [-0.25, -0.2) is 4.98 Å². The van der Waals surface area contributed by atoms with Crippen molar-refractivity contribution in [2.75, 3.05) is 33.5 Å². The Bertz CT molecular complexity index is 669. The van der Waals surface area contributed by atoms with E-state index in [0.29, 0.717) is 6.61 Å². The van der Waals surface area contributed by atoms with Crippen LogP contribution < -0.4 is 5.73 Å². The van der Waals surface area contributed by atoms with Gasteiger partial charge in [0.25, 0.3) is 0 Å². The van der Waals surface area contributed by atoms with Crippen molar-refractivity contribution in [2.45, 2.75) is 24.0 Å². The number of H-pyrrole nitrogens is 1. The van der Waals surface area contributed by atoms with Gasteiger partial charge in [0.15, 0.2) is 0 Å². The van der Waals surface area contributed by atoms with Crippen molar-refractivity contribution in [1.82, 2.24) is 14.9 Å². The van der Waals surface area contributed by atoms with Gasteiger partial charge in [-0.1, -0.05) is 12.1 Å². The second kappa shape index (κ2) is 10.4. The topological polar surface area (TPSA) is 67.2 Å². The number of hydrogen-bond acceptors (Lipinski definition) is 5. The first kappa shape index (κ1) is 19.7. The lowest BCUT2D eigenvalue weighted by molar-refractivity contribution is 0.0860. The average Bonchev–Trinajstić information content (AvgIpc) is 3.08. The molecule has 0 radical (unpaired) electrons. The fraction of sp³-hybridized carbons (Fsp3) is 0.421. The summed E-state index contributed by atoms with van der Waals surface area (Å²) in [5, 5.41) is 0. The zero-order chi connectivity index (χ0) is 18.1. The average molecular weight is 361 g/mol. The molecule has 0 aliphatic carbocycles. The van der Waals surface area contributed by atoms with Crippen LogP contribution in [0.1, 0.15) is 18.7 Å². The number of unbranched alkanes of at least 4 members (excludes halogenated alkanes) is 1. The summed E-state index contributed by atoms with van der Waals surface area (Å²) in [6.07, 6.45) is 9.32. The molecule has 0 saturated carbocycles. The summed E-state index contributed by atoms with van der Waals surface area (Å²) in [5.74, 6) is 0.774. The van der Waals surface area contributed by atoms with E-state index in [2.05, 4.69) is 59.5 Å². The Morgan fingerprint density at radius 3 is 2.96 bits per heavy atom. The Kier molecular flexibility index (Phi) is 8.21. The minimum atomic E-state index is -0.410. The van der Waals surface area contributed by atoms with Gasteiger partial charge >= 0.3 is 0 Å². The summed E-state index contributed by atoms with van der Waals surface area (Å²) in [7, 11) is 4.15. The van der Waals surface area contributed by atoms with Crippen LogP contribution in [0.25, 0.3) is 17.3 Å². The number of hydrogen-bond donors (Lipinski definition) is 2. The number of aromatic amines is 1. The number of thioether (sulfide) groups is 1. The third kappa shape index (κ3) is 7.04. The summed E-state index contributed by atoms with van der Waals surface area (Å²) >= 11 is 1.73. The van der Waals surface area contributed by atoms with Gasteiger partial charge in [-0.05, 0) is 64.0 Å². The third-order valence-corrected chi connectivity index (χ3v) is 4.46. The molecule has 2 rings (SSSR count). The number of nitrogens with zero attached hydrogens (tertiary/aromatic N) is 2. The molecular formula is C19H28N4OS. The molecule has 0 fully saturated rings. The zero-order valence-electron chi connectivity index (χ0n) is 15.2. The van der Waals surface area contributed by atoms with E-state index >= 15 is 0 Å². The molecule has 0 aliphatic rings. The van der Waals surface area contributed by atoms with Crippen molar-refractivity contribution in [3.05, 3.63) is 42.4 Å². The van der Waals surface area contributed by atoms with Gasteiger partial charge < -0.3 is 20.4 Å². The Balaban J connectivity index is 1.82. The monoisotopic (exact) mass is 360 g/mol. The van der Waals surface area contributed by atoms with E-state index in [1.165, 1.54) is 4.90 Å². The summed E-state index contributed by atoms with van der Waals surface area (Å²) in [4.78, 5) is 11.1. The molecule has 1 aromatic carbocycles. The van der Waals surface area contributed by atoms with Gasteiger partial charge in [0, 0.05) is 17.1 Å². The molecule has 1 unspecified atom stereocenters. The van der Waals surface area contributed by atoms with Gasteiger partial charge in [0.1, 0.15) is 12.1 Å². The molecule has 3 N–H and O–H groups in total. The van der Waals surface area contributed by atoms with Crippen molar-refractivity contribution in [1.29, 1.82) is 0 Å². The molecule has 0 aliphatic heterocycles. The summed E-state index contributed by atoms with van der Waals surface area (Å²) < 4.78 is 5.60. The van der Waals surface area contributed by atoms with E-state index in [1.807, 2.05) is 18.3 Å². The smallest absolute Gasteiger partial charge is 0.130 e. The molecular weight excluding hydrogens is 332 g/mol. The molecule has 1 heterocycles. The van der Waals surface area contributed by atoms with Crippen LogP contribution in [0.4, 0.5) is 0 Å². The summed E-state index contributed by atoms with van der Waals surface area (Å²) in [6.45, 7) is 1.74. The summed E-state index contributed by atoms with van der Waals surface area (Å²) in [6, 6.07) is 8.37. The number of nitrogens with two attached hydrogens (primary N) is 1. The van der Waals surface area contributed by atoms with Crippen LogP contribution in [-0.4, -0.2) is 54.6 Å². The molecule has 25 heavy (non-hydrogen) atoms.